The Labute approximate surface area is 205 Å². The van der Waals surface area contributed by atoms with Crippen LogP contribution in [0.15, 0.2) is 18.5 Å². The number of carbonyl (C=O) groups is 1. The molecule has 0 saturated heterocycles. The third-order valence-electron chi connectivity index (χ3n) is 7.33. The van der Waals surface area contributed by atoms with Crippen molar-refractivity contribution in [1.82, 2.24) is 14.9 Å². The highest BCUT2D eigenvalue weighted by Gasteiger charge is 2.30. The number of thiophene rings is 1. The lowest BCUT2D eigenvalue weighted by Gasteiger charge is -2.25. The average molecular weight is 479 g/mol. The number of hydrogen-bond donors (Lipinski definition) is 1. The van der Waals surface area contributed by atoms with Crippen molar-refractivity contribution >= 4 is 39.0 Å². The predicted octanol–water partition coefficient (Wildman–Crippen LogP) is 5.96. The Morgan fingerprint density at radius 2 is 1.85 bits per heavy atom. The SMILES string of the molecule is Cc1cc(Nc2ncnc3sc4c(c23)CCC(C(=O)N(C)C)C4)c(OC2CCCCC2)cc1C. The minimum Gasteiger partial charge on any atom is -0.488 e. The van der Waals surface area contributed by atoms with Crippen molar-refractivity contribution in [2.45, 2.75) is 71.3 Å². The average Bonchev–Trinajstić information content (AvgIpc) is 3.21. The van der Waals surface area contributed by atoms with Crippen molar-refractivity contribution in [1.29, 1.82) is 0 Å². The number of ether oxygens (including phenoxy) is 1. The Morgan fingerprint density at radius 1 is 1.09 bits per heavy atom. The third kappa shape index (κ3) is 4.50. The number of aryl methyl sites for hydroxylation is 3. The fraction of sp³-hybridized carbons (Fsp3) is 0.519. The molecule has 0 bridgehead atoms. The summed E-state index contributed by atoms with van der Waals surface area (Å²) in [5.41, 5.74) is 4.71. The molecule has 0 spiro atoms. The smallest absolute Gasteiger partial charge is 0.225 e. The molecule has 1 unspecified atom stereocenters. The maximum absolute atomic E-state index is 12.6. The topological polar surface area (TPSA) is 67.4 Å². The predicted molar refractivity (Wildman–Crippen MR) is 138 cm³/mol. The van der Waals surface area contributed by atoms with E-state index in [9.17, 15) is 4.79 Å². The summed E-state index contributed by atoms with van der Waals surface area (Å²) in [6.45, 7) is 4.27. The van der Waals surface area contributed by atoms with Crippen molar-refractivity contribution in [2.24, 2.45) is 5.92 Å². The zero-order chi connectivity index (χ0) is 23.8. The van der Waals surface area contributed by atoms with Crippen LogP contribution >= 0.6 is 11.3 Å². The van der Waals surface area contributed by atoms with E-state index in [1.54, 1.807) is 22.6 Å². The number of fused-ring (bicyclic) bond motifs is 3. The maximum atomic E-state index is 12.6. The zero-order valence-corrected chi connectivity index (χ0v) is 21.4. The Morgan fingerprint density at radius 3 is 2.62 bits per heavy atom. The van der Waals surface area contributed by atoms with Crippen LogP contribution in [-0.4, -0.2) is 41.0 Å². The van der Waals surface area contributed by atoms with Crippen molar-refractivity contribution in [3.8, 4) is 5.75 Å². The number of aromatic nitrogens is 2. The fourth-order valence-electron chi connectivity index (χ4n) is 5.26. The van der Waals surface area contributed by atoms with Gasteiger partial charge in [0.2, 0.25) is 5.91 Å². The summed E-state index contributed by atoms with van der Waals surface area (Å²) in [6.07, 6.45) is 10.5. The number of rotatable bonds is 5. The molecule has 3 aromatic rings. The van der Waals surface area contributed by atoms with Crippen molar-refractivity contribution in [3.05, 3.63) is 40.0 Å². The van der Waals surface area contributed by atoms with Crippen LogP contribution < -0.4 is 10.1 Å². The number of carbonyl (C=O) groups excluding carboxylic acids is 1. The van der Waals surface area contributed by atoms with Crippen LogP contribution in [-0.2, 0) is 17.6 Å². The number of nitrogens with zero attached hydrogens (tertiary/aromatic N) is 3. The van der Waals surface area contributed by atoms with E-state index in [0.29, 0.717) is 0 Å². The van der Waals surface area contributed by atoms with E-state index in [1.807, 2.05) is 14.1 Å². The fourth-order valence-corrected chi connectivity index (χ4v) is 6.52. The van der Waals surface area contributed by atoms with Crippen LogP contribution in [0, 0.1) is 19.8 Å². The standard InChI is InChI=1S/C27H34N4O2S/c1-16-12-21(22(13-17(16)2)33-19-8-6-5-7-9-19)30-25-24-20-11-10-18(27(32)31(3)4)14-23(20)34-26(24)29-15-28-25/h12-13,15,18-19H,5-11,14H2,1-4H3,(H,28,29,30). The first-order chi connectivity index (χ1) is 16.4. The Balaban J connectivity index is 1.48. The van der Waals surface area contributed by atoms with Gasteiger partial charge in [-0.1, -0.05) is 6.42 Å². The molecule has 1 saturated carbocycles. The van der Waals surface area contributed by atoms with Gasteiger partial charge in [0.25, 0.3) is 0 Å². The van der Waals surface area contributed by atoms with E-state index in [1.165, 1.54) is 40.8 Å². The molecule has 1 atom stereocenters. The molecule has 6 nitrogen and oxygen atoms in total. The van der Waals surface area contributed by atoms with E-state index in [4.69, 9.17) is 4.74 Å². The van der Waals surface area contributed by atoms with Gasteiger partial charge in [0.05, 0.1) is 17.2 Å². The van der Waals surface area contributed by atoms with Crippen LogP contribution in [0.4, 0.5) is 11.5 Å². The monoisotopic (exact) mass is 478 g/mol. The molecule has 0 radical (unpaired) electrons. The molecular formula is C27H34N4O2S. The van der Waals surface area contributed by atoms with Gasteiger partial charge >= 0.3 is 0 Å². The number of amides is 1. The second-order valence-corrected chi connectivity index (χ2v) is 11.1. The Hall–Kier alpha value is -2.67. The molecule has 2 aliphatic rings. The summed E-state index contributed by atoms with van der Waals surface area (Å²) < 4.78 is 6.52. The first-order valence-corrected chi connectivity index (χ1v) is 13.2. The number of nitrogens with one attached hydrogen (secondary N) is 1. The molecule has 1 fully saturated rings. The second-order valence-electron chi connectivity index (χ2n) is 10.0. The Kier molecular flexibility index (Phi) is 6.47. The lowest BCUT2D eigenvalue weighted by Crippen LogP contribution is -2.32. The second kappa shape index (κ2) is 9.53. The summed E-state index contributed by atoms with van der Waals surface area (Å²) in [7, 11) is 3.68. The van der Waals surface area contributed by atoms with Gasteiger partial charge in [-0.2, -0.15) is 0 Å². The quantitative estimate of drug-likeness (QED) is 0.490. The van der Waals surface area contributed by atoms with Gasteiger partial charge < -0.3 is 15.0 Å². The summed E-state index contributed by atoms with van der Waals surface area (Å²) in [4.78, 5) is 25.8. The molecule has 5 rings (SSSR count). The third-order valence-corrected chi connectivity index (χ3v) is 8.49. The minimum atomic E-state index is 0.0511. The molecule has 34 heavy (non-hydrogen) atoms. The van der Waals surface area contributed by atoms with E-state index >= 15 is 0 Å². The molecule has 180 valence electrons. The van der Waals surface area contributed by atoms with Crippen LogP contribution in [0.2, 0.25) is 0 Å². The molecule has 1 amide bonds. The Bertz CT molecular complexity index is 1210. The molecular weight excluding hydrogens is 444 g/mol. The van der Waals surface area contributed by atoms with Gasteiger partial charge in [-0.25, -0.2) is 9.97 Å². The molecule has 1 N–H and O–H groups in total. The zero-order valence-electron chi connectivity index (χ0n) is 20.6. The van der Waals surface area contributed by atoms with Crippen LogP contribution in [0.3, 0.4) is 0 Å². The highest BCUT2D eigenvalue weighted by Crippen LogP contribution is 2.42. The summed E-state index contributed by atoms with van der Waals surface area (Å²) in [5, 5.41) is 4.71. The van der Waals surface area contributed by atoms with Gasteiger partial charge in [-0.05, 0) is 87.6 Å². The van der Waals surface area contributed by atoms with Crippen LogP contribution in [0.25, 0.3) is 10.2 Å². The van der Waals surface area contributed by atoms with Gasteiger partial charge in [0, 0.05) is 24.9 Å². The van der Waals surface area contributed by atoms with E-state index in [2.05, 4.69) is 41.3 Å². The molecule has 7 heteroatoms. The molecule has 2 aromatic heterocycles. The van der Waals surface area contributed by atoms with Crippen LogP contribution in [0.5, 0.6) is 5.75 Å². The largest absolute Gasteiger partial charge is 0.488 e. The van der Waals surface area contributed by atoms with Gasteiger partial charge in [-0.3, -0.25) is 4.79 Å². The van der Waals surface area contributed by atoms with Crippen molar-refractivity contribution in [2.75, 3.05) is 19.4 Å². The highest BCUT2D eigenvalue weighted by atomic mass is 32.1. The summed E-state index contributed by atoms with van der Waals surface area (Å²) in [5.74, 6) is 2.00. The number of benzene rings is 1. The lowest BCUT2D eigenvalue weighted by molar-refractivity contribution is -0.133. The molecule has 0 aliphatic heterocycles. The highest BCUT2D eigenvalue weighted by molar-refractivity contribution is 7.19. The van der Waals surface area contributed by atoms with E-state index in [0.717, 1.165) is 59.6 Å². The van der Waals surface area contributed by atoms with E-state index < -0.39 is 0 Å². The number of anilines is 2. The number of hydrogen-bond acceptors (Lipinski definition) is 6. The molecule has 2 aliphatic carbocycles. The maximum Gasteiger partial charge on any atom is 0.225 e. The van der Waals surface area contributed by atoms with Gasteiger partial charge in [-0.15, -0.1) is 11.3 Å². The van der Waals surface area contributed by atoms with Gasteiger partial charge in [0.1, 0.15) is 22.7 Å². The van der Waals surface area contributed by atoms with Crippen LogP contribution in [0.1, 0.15) is 60.1 Å². The van der Waals surface area contributed by atoms with Crippen molar-refractivity contribution in [3.63, 3.8) is 0 Å². The first-order valence-electron chi connectivity index (χ1n) is 12.4. The first kappa shape index (κ1) is 23.1. The lowest BCUT2D eigenvalue weighted by atomic mass is 9.87. The molecule has 1 aromatic carbocycles. The van der Waals surface area contributed by atoms with E-state index in [-0.39, 0.29) is 17.9 Å². The molecule has 2 heterocycles. The minimum absolute atomic E-state index is 0.0511. The normalized spacial score (nSPS) is 18.5. The summed E-state index contributed by atoms with van der Waals surface area (Å²) in [6, 6.07) is 4.33. The summed E-state index contributed by atoms with van der Waals surface area (Å²) >= 11 is 1.70. The van der Waals surface area contributed by atoms with Gasteiger partial charge in [0.15, 0.2) is 0 Å². The van der Waals surface area contributed by atoms with Crippen molar-refractivity contribution < 1.29 is 9.53 Å².